The molecule has 74 valence electrons. The van der Waals surface area contributed by atoms with Crippen LogP contribution in [0, 0.1) is 17.0 Å². The standard InChI is InChI=1S/C8H6ClNO4/c1-4-2-3-5(10(13)14)6(7(4)9)8(11)12/h2-3H,1H3,(H,11,12). The SMILES string of the molecule is Cc1ccc([N+](=O)[O-])c(C(=O)O)c1Cl. The first-order chi connectivity index (χ1) is 6.45. The lowest BCUT2D eigenvalue weighted by atomic mass is 10.1. The summed E-state index contributed by atoms with van der Waals surface area (Å²) in [6, 6.07) is 2.54. The predicted molar refractivity (Wildman–Crippen MR) is 49.8 cm³/mol. The van der Waals surface area contributed by atoms with Gasteiger partial charge in [-0.15, -0.1) is 0 Å². The van der Waals surface area contributed by atoms with Gasteiger partial charge in [-0.1, -0.05) is 17.7 Å². The third-order valence-corrected chi connectivity index (χ3v) is 2.21. The Bertz CT molecular complexity index is 416. The van der Waals surface area contributed by atoms with Crippen molar-refractivity contribution < 1.29 is 14.8 Å². The number of nitro groups is 1. The van der Waals surface area contributed by atoms with Crippen LogP contribution in [-0.2, 0) is 0 Å². The third kappa shape index (κ3) is 1.67. The number of carbonyl (C=O) groups is 1. The van der Waals surface area contributed by atoms with Crippen LogP contribution in [0.15, 0.2) is 12.1 Å². The second-order valence-corrected chi connectivity index (χ2v) is 3.03. The molecule has 14 heavy (non-hydrogen) atoms. The van der Waals surface area contributed by atoms with E-state index in [1.165, 1.54) is 6.07 Å². The van der Waals surface area contributed by atoms with E-state index >= 15 is 0 Å². The summed E-state index contributed by atoms with van der Waals surface area (Å²) in [6.07, 6.45) is 0. The Morgan fingerprint density at radius 3 is 2.57 bits per heavy atom. The van der Waals surface area contributed by atoms with E-state index in [9.17, 15) is 14.9 Å². The van der Waals surface area contributed by atoms with Crippen LogP contribution in [0.1, 0.15) is 15.9 Å². The van der Waals surface area contributed by atoms with E-state index in [4.69, 9.17) is 16.7 Å². The van der Waals surface area contributed by atoms with E-state index in [1.807, 2.05) is 0 Å². The van der Waals surface area contributed by atoms with E-state index in [2.05, 4.69) is 0 Å². The topological polar surface area (TPSA) is 80.4 Å². The van der Waals surface area contributed by atoms with Gasteiger partial charge in [0.25, 0.3) is 5.69 Å². The molecule has 6 heteroatoms. The molecule has 0 spiro atoms. The van der Waals surface area contributed by atoms with Crippen molar-refractivity contribution in [2.75, 3.05) is 0 Å². The Balaban J connectivity index is 3.53. The minimum Gasteiger partial charge on any atom is -0.477 e. The Morgan fingerprint density at radius 1 is 1.57 bits per heavy atom. The van der Waals surface area contributed by atoms with Crippen LogP contribution in [0.2, 0.25) is 5.02 Å². The van der Waals surface area contributed by atoms with Crippen molar-refractivity contribution in [2.24, 2.45) is 0 Å². The first kappa shape index (κ1) is 10.5. The zero-order valence-electron chi connectivity index (χ0n) is 7.15. The van der Waals surface area contributed by atoms with Crippen LogP contribution in [0.4, 0.5) is 5.69 Å². The first-order valence-electron chi connectivity index (χ1n) is 3.62. The monoisotopic (exact) mass is 215 g/mol. The van der Waals surface area contributed by atoms with E-state index in [1.54, 1.807) is 6.92 Å². The second-order valence-electron chi connectivity index (χ2n) is 2.65. The predicted octanol–water partition coefficient (Wildman–Crippen LogP) is 2.25. The minimum atomic E-state index is -1.40. The average Bonchev–Trinajstić information content (AvgIpc) is 2.08. The molecule has 0 radical (unpaired) electrons. The molecule has 1 aromatic rings. The highest BCUT2D eigenvalue weighted by Crippen LogP contribution is 2.29. The number of carboxylic acids is 1. The van der Waals surface area contributed by atoms with E-state index in [-0.39, 0.29) is 5.02 Å². The van der Waals surface area contributed by atoms with Gasteiger partial charge in [-0.25, -0.2) is 4.79 Å². The molecule has 1 aromatic carbocycles. The van der Waals surface area contributed by atoms with Gasteiger partial charge in [-0.05, 0) is 12.5 Å². The molecule has 0 aromatic heterocycles. The summed E-state index contributed by atoms with van der Waals surface area (Å²) in [5, 5.41) is 19.1. The summed E-state index contributed by atoms with van der Waals surface area (Å²) in [6.45, 7) is 1.58. The van der Waals surface area contributed by atoms with Crippen LogP contribution in [0.5, 0.6) is 0 Å². The highest BCUT2D eigenvalue weighted by Gasteiger charge is 2.23. The fraction of sp³-hybridized carbons (Fsp3) is 0.125. The highest BCUT2D eigenvalue weighted by atomic mass is 35.5. The fourth-order valence-electron chi connectivity index (χ4n) is 1.03. The van der Waals surface area contributed by atoms with E-state index < -0.39 is 22.1 Å². The van der Waals surface area contributed by atoms with Crippen molar-refractivity contribution in [1.29, 1.82) is 0 Å². The summed E-state index contributed by atoms with van der Waals surface area (Å²) in [5.41, 5.74) is -0.459. The maximum atomic E-state index is 10.7. The van der Waals surface area contributed by atoms with E-state index in [0.29, 0.717) is 5.56 Å². The average molecular weight is 216 g/mol. The molecule has 1 N–H and O–H groups in total. The number of benzene rings is 1. The molecule has 0 fully saturated rings. The number of hydrogen-bond donors (Lipinski definition) is 1. The van der Waals surface area contributed by atoms with E-state index in [0.717, 1.165) is 6.07 Å². The lowest BCUT2D eigenvalue weighted by Gasteiger charge is -2.02. The second kappa shape index (κ2) is 3.63. The van der Waals surface area contributed by atoms with Crippen molar-refractivity contribution >= 4 is 23.3 Å². The zero-order valence-corrected chi connectivity index (χ0v) is 7.91. The molecule has 0 atom stereocenters. The Labute approximate surface area is 84.1 Å². The highest BCUT2D eigenvalue weighted by molar-refractivity contribution is 6.34. The van der Waals surface area contributed by atoms with Gasteiger partial charge in [-0.2, -0.15) is 0 Å². The van der Waals surface area contributed by atoms with Gasteiger partial charge in [0, 0.05) is 6.07 Å². The summed E-state index contributed by atoms with van der Waals surface area (Å²) in [7, 11) is 0. The summed E-state index contributed by atoms with van der Waals surface area (Å²) in [4.78, 5) is 20.4. The van der Waals surface area contributed by atoms with Crippen molar-refractivity contribution in [2.45, 2.75) is 6.92 Å². The molecule has 1 rings (SSSR count). The van der Waals surface area contributed by atoms with Gasteiger partial charge >= 0.3 is 5.97 Å². The number of carboxylic acid groups (broad SMARTS) is 1. The van der Waals surface area contributed by atoms with Crippen molar-refractivity contribution in [1.82, 2.24) is 0 Å². The van der Waals surface area contributed by atoms with Crippen molar-refractivity contribution in [3.05, 3.63) is 38.4 Å². The number of aromatic carboxylic acids is 1. The molecule has 0 bridgehead atoms. The smallest absolute Gasteiger partial charge is 0.344 e. The Kier molecular flexibility index (Phi) is 2.71. The van der Waals surface area contributed by atoms with Crippen LogP contribution in [0.3, 0.4) is 0 Å². The number of hydrogen-bond acceptors (Lipinski definition) is 3. The zero-order chi connectivity index (χ0) is 10.9. The Hall–Kier alpha value is -1.62. The maximum Gasteiger partial charge on any atom is 0.344 e. The molecule has 5 nitrogen and oxygen atoms in total. The van der Waals surface area contributed by atoms with Crippen molar-refractivity contribution in [3.63, 3.8) is 0 Å². The molecule has 0 unspecified atom stereocenters. The molecular weight excluding hydrogens is 210 g/mol. The number of rotatable bonds is 2. The van der Waals surface area contributed by atoms with Gasteiger partial charge in [0.1, 0.15) is 0 Å². The van der Waals surface area contributed by atoms with Gasteiger partial charge in [0.2, 0.25) is 0 Å². The first-order valence-corrected chi connectivity index (χ1v) is 3.99. The number of halogens is 1. The number of nitro benzene ring substituents is 1. The number of aryl methyl sites for hydroxylation is 1. The molecular formula is C8H6ClNO4. The van der Waals surface area contributed by atoms with Gasteiger partial charge in [0.05, 0.1) is 9.95 Å². The maximum absolute atomic E-state index is 10.7. The van der Waals surface area contributed by atoms with Crippen LogP contribution in [0.25, 0.3) is 0 Å². The quantitative estimate of drug-likeness (QED) is 0.606. The lowest BCUT2D eigenvalue weighted by molar-refractivity contribution is -0.385. The van der Waals surface area contributed by atoms with Crippen LogP contribution in [-0.4, -0.2) is 16.0 Å². The summed E-state index contributed by atoms with van der Waals surface area (Å²) >= 11 is 5.65. The van der Waals surface area contributed by atoms with Gasteiger partial charge in [-0.3, -0.25) is 10.1 Å². The molecule has 0 saturated heterocycles. The molecule has 0 aliphatic rings. The number of nitrogens with zero attached hydrogens (tertiary/aromatic N) is 1. The third-order valence-electron chi connectivity index (χ3n) is 1.72. The molecule has 0 aliphatic heterocycles. The molecule has 0 amide bonds. The van der Waals surface area contributed by atoms with Crippen molar-refractivity contribution in [3.8, 4) is 0 Å². The molecule has 0 saturated carbocycles. The van der Waals surface area contributed by atoms with Gasteiger partial charge in [0.15, 0.2) is 5.56 Å². The Morgan fingerprint density at radius 2 is 2.14 bits per heavy atom. The summed E-state index contributed by atoms with van der Waals surface area (Å²) in [5.74, 6) is -1.40. The largest absolute Gasteiger partial charge is 0.477 e. The van der Waals surface area contributed by atoms with Crippen LogP contribution >= 0.6 is 11.6 Å². The lowest BCUT2D eigenvalue weighted by Crippen LogP contribution is -2.04. The summed E-state index contributed by atoms with van der Waals surface area (Å²) < 4.78 is 0. The normalized spacial score (nSPS) is 9.86. The fourth-order valence-corrected chi connectivity index (χ4v) is 1.27. The van der Waals surface area contributed by atoms with Gasteiger partial charge < -0.3 is 5.11 Å². The van der Waals surface area contributed by atoms with Crippen LogP contribution < -0.4 is 0 Å². The molecule has 0 aliphatic carbocycles. The minimum absolute atomic E-state index is 0.0910. The molecule has 0 heterocycles.